The molecule has 1 N–H and O–H groups in total. The number of halogens is 1. The average Bonchev–Trinajstić information content (AvgIpc) is 2.10. The predicted octanol–water partition coefficient (Wildman–Crippen LogP) is 3.18. The van der Waals surface area contributed by atoms with Crippen LogP contribution >= 0.6 is 0 Å². The minimum atomic E-state index is -0.508. The zero-order valence-electron chi connectivity index (χ0n) is 8.10. The second-order valence-electron chi connectivity index (χ2n) is 3.35. The van der Waals surface area contributed by atoms with Crippen molar-refractivity contribution in [3.8, 4) is 5.75 Å². The van der Waals surface area contributed by atoms with Crippen molar-refractivity contribution in [3.05, 3.63) is 29.1 Å². The summed E-state index contributed by atoms with van der Waals surface area (Å²) in [6.45, 7) is 3.82. The maximum atomic E-state index is 13.0. The van der Waals surface area contributed by atoms with E-state index >= 15 is 0 Å². The molecule has 0 spiro atoms. The van der Waals surface area contributed by atoms with Crippen LogP contribution < -0.4 is 0 Å². The van der Waals surface area contributed by atoms with Gasteiger partial charge in [0.05, 0.1) is 0 Å². The minimum absolute atomic E-state index is 0.222. The molecule has 0 aliphatic rings. The van der Waals surface area contributed by atoms with E-state index in [9.17, 15) is 9.50 Å². The van der Waals surface area contributed by atoms with E-state index in [2.05, 4.69) is 6.92 Å². The van der Waals surface area contributed by atoms with Crippen molar-refractivity contribution >= 4 is 0 Å². The Labute approximate surface area is 78.2 Å². The van der Waals surface area contributed by atoms with Crippen molar-refractivity contribution in [2.45, 2.75) is 33.1 Å². The Morgan fingerprint density at radius 3 is 2.62 bits per heavy atom. The molecule has 2 heteroatoms. The van der Waals surface area contributed by atoms with Crippen LogP contribution in [0, 0.1) is 12.7 Å². The Balaban J connectivity index is 2.86. The van der Waals surface area contributed by atoms with Gasteiger partial charge in [0.15, 0.2) is 11.6 Å². The van der Waals surface area contributed by atoms with E-state index in [-0.39, 0.29) is 5.75 Å². The summed E-state index contributed by atoms with van der Waals surface area (Å²) >= 11 is 0. The predicted molar refractivity (Wildman–Crippen MR) is 51.4 cm³/mol. The molecule has 0 fully saturated rings. The van der Waals surface area contributed by atoms with E-state index in [1.165, 1.54) is 6.07 Å². The summed E-state index contributed by atoms with van der Waals surface area (Å²) in [6.07, 6.45) is 3.04. The molecule has 0 saturated carbocycles. The SMILES string of the molecule is CCCCc1cc(C)c(O)c(F)c1. The molecule has 13 heavy (non-hydrogen) atoms. The molecule has 0 aromatic heterocycles. The van der Waals surface area contributed by atoms with Gasteiger partial charge in [0, 0.05) is 0 Å². The normalized spacial score (nSPS) is 10.4. The summed E-state index contributed by atoms with van der Waals surface area (Å²) in [5.41, 5.74) is 1.58. The minimum Gasteiger partial charge on any atom is -0.505 e. The lowest BCUT2D eigenvalue weighted by Crippen LogP contribution is -1.89. The number of hydrogen-bond acceptors (Lipinski definition) is 1. The third kappa shape index (κ3) is 2.44. The Kier molecular flexibility index (Phi) is 3.29. The van der Waals surface area contributed by atoms with Crippen molar-refractivity contribution in [1.82, 2.24) is 0 Å². The van der Waals surface area contributed by atoms with Gasteiger partial charge in [0.1, 0.15) is 0 Å². The Bertz CT molecular complexity index is 271. The molecule has 0 unspecified atom stereocenters. The highest BCUT2D eigenvalue weighted by Crippen LogP contribution is 2.22. The zero-order valence-corrected chi connectivity index (χ0v) is 8.10. The number of aryl methyl sites for hydroxylation is 2. The molecular weight excluding hydrogens is 167 g/mol. The van der Waals surface area contributed by atoms with Crippen LogP contribution in [0.1, 0.15) is 30.9 Å². The molecule has 0 amide bonds. The second kappa shape index (κ2) is 4.26. The van der Waals surface area contributed by atoms with Crippen molar-refractivity contribution in [1.29, 1.82) is 0 Å². The third-order valence-electron chi connectivity index (χ3n) is 2.13. The third-order valence-corrected chi connectivity index (χ3v) is 2.13. The van der Waals surface area contributed by atoms with Crippen LogP contribution in [0.4, 0.5) is 4.39 Å². The highest BCUT2D eigenvalue weighted by molar-refractivity contribution is 5.36. The number of phenolic OH excluding ortho intramolecular Hbond substituents is 1. The van der Waals surface area contributed by atoms with Gasteiger partial charge in [0.2, 0.25) is 0 Å². The van der Waals surface area contributed by atoms with Crippen molar-refractivity contribution in [2.75, 3.05) is 0 Å². The van der Waals surface area contributed by atoms with Crippen LogP contribution in [-0.2, 0) is 6.42 Å². The average molecular weight is 182 g/mol. The molecule has 0 saturated heterocycles. The first kappa shape index (κ1) is 10.0. The first-order valence-corrected chi connectivity index (χ1v) is 4.63. The van der Waals surface area contributed by atoms with Crippen LogP contribution in [-0.4, -0.2) is 5.11 Å². The standard InChI is InChI=1S/C11H15FO/c1-3-4-5-9-6-8(2)11(13)10(12)7-9/h6-7,13H,3-5H2,1-2H3. The summed E-state index contributed by atoms with van der Waals surface area (Å²) in [6, 6.07) is 3.26. The van der Waals surface area contributed by atoms with E-state index in [1.807, 2.05) is 6.07 Å². The summed E-state index contributed by atoms with van der Waals surface area (Å²) in [4.78, 5) is 0. The summed E-state index contributed by atoms with van der Waals surface area (Å²) in [5, 5.41) is 9.18. The molecule has 0 bridgehead atoms. The van der Waals surface area contributed by atoms with Gasteiger partial charge in [0.25, 0.3) is 0 Å². The molecule has 0 radical (unpaired) electrons. The highest BCUT2D eigenvalue weighted by atomic mass is 19.1. The largest absolute Gasteiger partial charge is 0.505 e. The van der Waals surface area contributed by atoms with Gasteiger partial charge in [-0.1, -0.05) is 19.4 Å². The smallest absolute Gasteiger partial charge is 0.165 e. The quantitative estimate of drug-likeness (QED) is 0.761. The van der Waals surface area contributed by atoms with Gasteiger partial charge in [-0.05, 0) is 37.0 Å². The first-order valence-electron chi connectivity index (χ1n) is 4.63. The molecule has 1 nitrogen and oxygen atoms in total. The molecule has 1 rings (SSSR count). The van der Waals surface area contributed by atoms with Gasteiger partial charge < -0.3 is 5.11 Å². The monoisotopic (exact) mass is 182 g/mol. The summed E-state index contributed by atoms with van der Waals surface area (Å²) in [7, 11) is 0. The van der Waals surface area contributed by atoms with Crippen molar-refractivity contribution in [2.24, 2.45) is 0 Å². The number of hydrogen-bond donors (Lipinski definition) is 1. The lowest BCUT2D eigenvalue weighted by atomic mass is 10.1. The van der Waals surface area contributed by atoms with E-state index < -0.39 is 5.82 Å². The number of rotatable bonds is 3. The van der Waals surface area contributed by atoms with Crippen LogP contribution in [0.25, 0.3) is 0 Å². The fourth-order valence-electron chi connectivity index (χ4n) is 1.33. The van der Waals surface area contributed by atoms with E-state index in [1.54, 1.807) is 6.92 Å². The maximum Gasteiger partial charge on any atom is 0.165 e. The summed E-state index contributed by atoms with van der Waals surface area (Å²) in [5.74, 6) is -0.730. The van der Waals surface area contributed by atoms with Crippen LogP contribution in [0.3, 0.4) is 0 Å². The van der Waals surface area contributed by atoms with Gasteiger partial charge in [-0.2, -0.15) is 0 Å². The lowest BCUT2D eigenvalue weighted by Gasteiger charge is -2.04. The first-order chi connectivity index (χ1) is 6.15. The molecule has 72 valence electrons. The molecule has 0 atom stereocenters. The van der Waals surface area contributed by atoms with Crippen LogP contribution in [0.15, 0.2) is 12.1 Å². The Morgan fingerprint density at radius 1 is 1.38 bits per heavy atom. The molecule has 1 aromatic rings. The lowest BCUT2D eigenvalue weighted by molar-refractivity contribution is 0.427. The fraction of sp³-hybridized carbons (Fsp3) is 0.455. The van der Waals surface area contributed by atoms with Crippen molar-refractivity contribution in [3.63, 3.8) is 0 Å². The zero-order chi connectivity index (χ0) is 9.84. The second-order valence-corrected chi connectivity index (χ2v) is 3.35. The van der Waals surface area contributed by atoms with Crippen LogP contribution in [0.2, 0.25) is 0 Å². The van der Waals surface area contributed by atoms with Gasteiger partial charge in [-0.25, -0.2) is 4.39 Å². The van der Waals surface area contributed by atoms with E-state index in [4.69, 9.17) is 0 Å². The molecule has 1 aromatic carbocycles. The number of unbranched alkanes of at least 4 members (excludes halogenated alkanes) is 1. The van der Waals surface area contributed by atoms with Gasteiger partial charge >= 0.3 is 0 Å². The fourth-order valence-corrected chi connectivity index (χ4v) is 1.33. The molecule has 0 aliphatic carbocycles. The number of benzene rings is 1. The Morgan fingerprint density at radius 2 is 2.08 bits per heavy atom. The number of phenols is 1. The molecule has 0 aliphatic heterocycles. The van der Waals surface area contributed by atoms with E-state index in [0.29, 0.717) is 5.56 Å². The van der Waals surface area contributed by atoms with Gasteiger partial charge in [-0.15, -0.1) is 0 Å². The Hall–Kier alpha value is -1.05. The highest BCUT2D eigenvalue weighted by Gasteiger charge is 2.05. The topological polar surface area (TPSA) is 20.2 Å². The van der Waals surface area contributed by atoms with Gasteiger partial charge in [-0.3, -0.25) is 0 Å². The van der Waals surface area contributed by atoms with Crippen LogP contribution in [0.5, 0.6) is 5.75 Å². The molecule has 0 heterocycles. The molecular formula is C11H15FO. The van der Waals surface area contributed by atoms with E-state index in [0.717, 1.165) is 24.8 Å². The summed E-state index contributed by atoms with van der Waals surface area (Å²) < 4.78 is 13.0. The van der Waals surface area contributed by atoms with Crippen molar-refractivity contribution < 1.29 is 9.50 Å². The maximum absolute atomic E-state index is 13.0. The number of aromatic hydroxyl groups is 1.